The number of hydrogen-bond donors (Lipinski definition) is 1. The highest BCUT2D eigenvalue weighted by atomic mass is 15.3. The summed E-state index contributed by atoms with van der Waals surface area (Å²) < 4.78 is 1.88. The van der Waals surface area contributed by atoms with E-state index in [9.17, 15) is 0 Å². The molecule has 0 radical (unpaired) electrons. The Hall–Kier alpha value is -1.61. The van der Waals surface area contributed by atoms with Gasteiger partial charge in [-0.3, -0.25) is 0 Å². The minimum Gasteiger partial charge on any atom is -0.310 e. The third kappa shape index (κ3) is 2.46. The quantitative estimate of drug-likeness (QED) is 0.892. The Balaban J connectivity index is 1.58. The monoisotopic (exact) mass is 241 g/mol. The predicted molar refractivity (Wildman–Crippen MR) is 72.6 cm³/mol. The lowest BCUT2D eigenvalue weighted by Crippen LogP contribution is -2.39. The molecule has 1 aromatic heterocycles. The molecule has 2 aromatic rings. The van der Waals surface area contributed by atoms with Gasteiger partial charge in [0.2, 0.25) is 0 Å². The van der Waals surface area contributed by atoms with Crippen LogP contribution in [0.1, 0.15) is 25.3 Å². The van der Waals surface area contributed by atoms with Crippen molar-refractivity contribution in [3.05, 3.63) is 48.3 Å². The molecule has 1 fully saturated rings. The number of hydrogen-bond acceptors (Lipinski definition) is 2. The van der Waals surface area contributed by atoms with Gasteiger partial charge >= 0.3 is 0 Å². The van der Waals surface area contributed by atoms with Crippen LogP contribution in [0.4, 0.5) is 0 Å². The van der Waals surface area contributed by atoms with Gasteiger partial charge in [-0.25, -0.2) is 4.68 Å². The molecule has 1 heterocycles. The highest BCUT2D eigenvalue weighted by Gasteiger charge is 2.24. The van der Waals surface area contributed by atoms with Crippen molar-refractivity contribution in [2.24, 2.45) is 5.92 Å². The lowest BCUT2D eigenvalue weighted by Gasteiger charge is -2.33. The maximum atomic E-state index is 4.22. The van der Waals surface area contributed by atoms with E-state index in [0.29, 0.717) is 0 Å². The van der Waals surface area contributed by atoms with E-state index in [4.69, 9.17) is 0 Å². The van der Waals surface area contributed by atoms with E-state index in [-0.39, 0.29) is 0 Å². The molecular formula is C15H19N3. The van der Waals surface area contributed by atoms with Gasteiger partial charge in [0, 0.05) is 25.0 Å². The van der Waals surface area contributed by atoms with Crippen LogP contribution in [0, 0.1) is 5.92 Å². The van der Waals surface area contributed by atoms with Crippen molar-refractivity contribution in [1.82, 2.24) is 15.1 Å². The summed E-state index contributed by atoms with van der Waals surface area (Å²) in [6.45, 7) is 3.29. The molecule has 1 aliphatic carbocycles. The molecule has 94 valence electrons. The zero-order chi connectivity index (χ0) is 12.4. The molecule has 3 nitrogen and oxygen atoms in total. The van der Waals surface area contributed by atoms with E-state index in [1.165, 1.54) is 18.4 Å². The fraction of sp³-hybridized carbons (Fsp3) is 0.400. The average Bonchev–Trinajstić information content (AvgIpc) is 2.88. The van der Waals surface area contributed by atoms with Crippen molar-refractivity contribution < 1.29 is 0 Å². The Labute approximate surface area is 108 Å². The van der Waals surface area contributed by atoms with Gasteiger partial charge in [0.15, 0.2) is 0 Å². The van der Waals surface area contributed by atoms with E-state index in [2.05, 4.69) is 41.6 Å². The molecule has 0 aliphatic heterocycles. The van der Waals surface area contributed by atoms with Crippen molar-refractivity contribution in [3.8, 4) is 5.69 Å². The number of nitrogens with zero attached hydrogens (tertiary/aromatic N) is 2. The van der Waals surface area contributed by atoms with Crippen LogP contribution in [-0.4, -0.2) is 15.8 Å². The van der Waals surface area contributed by atoms with Crippen LogP contribution < -0.4 is 5.32 Å². The number of aromatic nitrogens is 2. The van der Waals surface area contributed by atoms with E-state index >= 15 is 0 Å². The van der Waals surface area contributed by atoms with Crippen molar-refractivity contribution in [1.29, 1.82) is 0 Å². The highest BCUT2D eigenvalue weighted by Crippen LogP contribution is 2.26. The largest absolute Gasteiger partial charge is 0.310 e. The van der Waals surface area contributed by atoms with Gasteiger partial charge in [-0.15, -0.1) is 0 Å². The first-order valence-corrected chi connectivity index (χ1v) is 6.63. The third-order valence-corrected chi connectivity index (χ3v) is 3.67. The maximum absolute atomic E-state index is 4.22. The second-order valence-corrected chi connectivity index (χ2v) is 5.27. The summed E-state index contributed by atoms with van der Waals surface area (Å²) in [7, 11) is 0. The second-order valence-electron chi connectivity index (χ2n) is 5.27. The minimum absolute atomic E-state index is 0.728. The Morgan fingerprint density at radius 3 is 2.67 bits per heavy atom. The van der Waals surface area contributed by atoms with Crippen LogP contribution in [0.3, 0.4) is 0 Å². The molecule has 0 spiro atoms. The standard InChI is InChI=1S/C15H19N3/c1-12-9-14(10-12)16-11-13-3-5-15(6-4-13)18-8-2-7-17-18/h2-8,12,14,16H,9-11H2,1H3. The fourth-order valence-corrected chi connectivity index (χ4v) is 2.52. The molecule has 0 amide bonds. The summed E-state index contributed by atoms with van der Waals surface area (Å²) in [6.07, 6.45) is 6.41. The van der Waals surface area contributed by atoms with Gasteiger partial charge in [-0.05, 0) is 42.5 Å². The second kappa shape index (κ2) is 4.94. The summed E-state index contributed by atoms with van der Waals surface area (Å²) in [4.78, 5) is 0. The topological polar surface area (TPSA) is 29.9 Å². The predicted octanol–water partition coefficient (Wildman–Crippen LogP) is 2.76. The summed E-state index contributed by atoms with van der Waals surface area (Å²) in [5.41, 5.74) is 2.45. The van der Waals surface area contributed by atoms with E-state index in [1.807, 2.05) is 16.9 Å². The smallest absolute Gasteiger partial charge is 0.0645 e. The Kier molecular flexibility index (Phi) is 3.15. The zero-order valence-electron chi connectivity index (χ0n) is 10.7. The minimum atomic E-state index is 0.728. The number of benzene rings is 1. The molecular weight excluding hydrogens is 222 g/mol. The first kappa shape index (κ1) is 11.5. The molecule has 0 unspecified atom stereocenters. The summed E-state index contributed by atoms with van der Waals surface area (Å²) in [5, 5.41) is 7.82. The lowest BCUT2D eigenvalue weighted by atomic mass is 9.82. The molecule has 3 rings (SSSR count). The van der Waals surface area contributed by atoms with E-state index in [1.54, 1.807) is 6.20 Å². The van der Waals surface area contributed by atoms with Crippen LogP contribution in [0.25, 0.3) is 5.69 Å². The highest BCUT2D eigenvalue weighted by molar-refractivity contribution is 5.33. The van der Waals surface area contributed by atoms with Crippen LogP contribution in [0.15, 0.2) is 42.7 Å². The van der Waals surface area contributed by atoms with Crippen LogP contribution in [0.5, 0.6) is 0 Å². The average molecular weight is 241 g/mol. The summed E-state index contributed by atoms with van der Waals surface area (Å²) in [5.74, 6) is 0.907. The normalized spacial score (nSPS) is 22.7. The molecule has 1 N–H and O–H groups in total. The Morgan fingerprint density at radius 2 is 2.06 bits per heavy atom. The van der Waals surface area contributed by atoms with Crippen LogP contribution in [-0.2, 0) is 6.54 Å². The van der Waals surface area contributed by atoms with Crippen molar-refractivity contribution in [2.75, 3.05) is 0 Å². The first-order chi connectivity index (χ1) is 8.81. The number of rotatable bonds is 4. The molecule has 1 aromatic carbocycles. The van der Waals surface area contributed by atoms with Gasteiger partial charge in [0.05, 0.1) is 5.69 Å². The van der Waals surface area contributed by atoms with Gasteiger partial charge in [-0.1, -0.05) is 19.1 Å². The Morgan fingerprint density at radius 1 is 1.28 bits per heavy atom. The van der Waals surface area contributed by atoms with Gasteiger partial charge in [0.1, 0.15) is 0 Å². The fourth-order valence-electron chi connectivity index (χ4n) is 2.52. The van der Waals surface area contributed by atoms with Gasteiger partial charge in [-0.2, -0.15) is 5.10 Å². The lowest BCUT2D eigenvalue weighted by molar-refractivity contribution is 0.240. The molecule has 1 aliphatic rings. The van der Waals surface area contributed by atoms with Gasteiger partial charge < -0.3 is 5.32 Å². The first-order valence-electron chi connectivity index (χ1n) is 6.63. The maximum Gasteiger partial charge on any atom is 0.0645 e. The van der Waals surface area contributed by atoms with Crippen LogP contribution >= 0.6 is 0 Å². The van der Waals surface area contributed by atoms with Gasteiger partial charge in [0.25, 0.3) is 0 Å². The van der Waals surface area contributed by atoms with Crippen molar-refractivity contribution >= 4 is 0 Å². The van der Waals surface area contributed by atoms with Crippen LogP contribution in [0.2, 0.25) is 0 Å². The molecule has 0 saturated heterocycles. The Bertz CT molecular complexity index is 481. The zero-order valence-corrected chi connectivity index (χ0v) is 10.7. The summed E-state index contributed by atoms with van der Waals surface area (Å²) in [6, 6.07) is 11.2. The van der Waals surface area contributed by atoms with E-state index in [0.717, 1.165) is 24.2 Å². The van der Waals surface area contributed by atoms with Crippen molar-refractivity contribution in [3.63, 3.8) is 0 Å². The third-order valence-electron chi connectivity index (χ3n) is 3.67. The molecule has 0 atom stereocenters. The molecule has 1 saturated carbocycles. The molecule has 0 bridgehead atoms. The SMILES string of the molecule is CC1CC(NCc2ccc(-n3cccn3)cc2)C1. The van der Waals surface area contributed by atoms with Crippen molar-refractivity contribution in [2.45, 2.75) is 32.4 Å². The number of nitrogens with one attached hydrogen (secondary N) is 1. The summed E-state index contributed by atoms with van der Waals surface area (Å²) >= 11 is 0. The molecule has 18 heavy (non-hydrogen) atoms. The van der Waals surface area contributed by atoms with E-state index < -0.39 is 0 Å². The molecule has 3 heteroatoms.